The SMILES string of the molecule is Cc1ccsc1C(C)(O)Cc1cc(F)ccc1F. The molecule has 0 saturated heterocycles. The Morgan fingerprint density at radius 3 is 2.61 bits per heavy atom. The van der Waals surface area contributed by atoms with Crippen LogP contribution >= 0.6 is 11.3 Å². The lowest BCUT2D eigenvalue weighted by molar-refractivity contribution is 0.0599. The van der Waals surface area contributed by atoms with Crippen LogP contribution in [0.15, 0.2) is 29.6 Å². The monoisotopic (exact) mass is 268 g/mol. The molecule has 2 rings (SSSR count). The van der Waals surface area contributed by atoms with Crippen molar-refractivity contribution in [1.82, 2.24) is 0 Å². The molecule has 0 radical (unpaired) electrons. The number of rotatable bonds is 3. The fraction of sp³-hybridized carbons (Fsp3) is 0.286. The summed E-state index contributed by atoms with van der Waals surface area (Å²) in [6.45, 7) is 3.51. The van der Waals surface area contributed by atoms with Crippen LogP contribution in [0.4, 0.5) is 8.78 Å². The number of hydrogen-bond acceptors (Lipinski definition) is 2. The predicted molar refractivity (Wildman–Crippen MR) is 68.7 cm³/mol. The van der Waals surface area contributed by atoms with Gasteiger partial charge >= 0.3 is 0 Å². The van der Waals surface area contributed by atoms with E-state index in [4.69, 9.17) is 0 Å². The lowest BCUT2D eigenvalue weighted by Crippen LogP contribution is -2.24. The maximum atomic E-state index is 13.6. The van der Waals surface area contributed by atoms with Crippen LogP contribution in [-0.4, -0.2) is 5.11 Å². The Morgan fingerprint density at radius 2 is 2.00 bits per heavy atom. The van der Waals surface area contributed by atoms with Crippen LogP contribution in [-0.2, 0) is 12.0 Å². The first-order valence-corrected chi connectivity index (χ1v) is 6.49. The molecule has 18 heavy (non-hydrogen) atoms. The minimum Gasteiger partial charge on any atom is -0.384 e. The third-order valence-electron chi connectivity index (χ3n) is 2.89. The summed E-state index contributed by atoms with van der Waals surface area (Å²) in [4.78, 5) is 0.783. The van der Waals surface area contributed by atoms with E-state index in [1.165, 1.54) is 11.3 Å². The molecule has 1 heterocycles. The van der Waals surface area contributed by atoms with Crippen LogP contribution in [0, 0.1) is 18.6 Å². The summed E-state index contributed by atoms with van der Waals surface area (Å²) < 4.78 is 26.7. The quantitative estimate of drug-likeness (QED) is 0.898. The zero-order valence-corrected chi connectivity index (χ0v) is 11.0. The molecule has 2 aromatic rings. The summed E-state index contributed by atoms with van der Waals surface area (Å²) in [7, 11) is 0. The average molecular weight is 268 g/mol. The minimum absolute atomic E-state index is 0.0535. The van der Waals surface area contributed by atoms with Crippen LogP contribution < -0.4 is 0 Å². The number of thiophene rings is 1. The van der Waals surface area contributed by atoms with Gasteiger partial charge in [0.05, 0.1) is 0 Å². The summed E-state index contributed by atoms with van der Waals surface area (Å²) >= 11 is 1.42. The molecule has 1 N–H and O–H groups in total. The first-order chi connectivity index (χ1) is 8.40. The molecule has 0 aliphatic heterocycles. The first-order valence-electron chi connectivity index (χ1n) is 5.61. The fourth-order valence-electron chi connectivity index (χ4n) is 2.05. The molecule has 0 amide bonds. The minimum atomic E-state index is -1.19. The van der Waals surface area contributed by atoms with Crippen molar-refractivity contribution in [3.05, 3.63) is 57.3 Å². The molecule has 0 aliphatic carbocycles. The third-order valence-corrected chi connectivity index (χ3v) is 4.16. The Labute approximate surface area is 109 Å². The highest BCUT2D eigenvalue weighted by Crippen LogP contribution is 2.32. The van der Waals surface area contributed by atoms with Crippen LogP contribution in [0.3, 0.4) is 0 Å². The van der Waals surface area contributed by atoms with Crippen molar-refractivity contribution in [2.45, 2.75) is 25.9 Å². The number of aliphatic hydroxyl groups is 1. The van der Waals surface area contributed by atoms with Crippen molar-refractivity contribution >= 4 is 11.3 Å². The molecule has 0 aliphatic rings. The number of hydrogen-bond donors (Lipinski definition) is 1. The predicted octanol–water partition coefficient (Wildman–Crippen LogP) is 3.78. The molecule has 1 nitrogen and oxygen atoms in total. The van der Waals surface area contributed by atoms with Crippen molar-refractivity contribution in [1.29, 1.82) is 0 Å². The lowest BCUT2D eigenvalue weighted by atomic mass is 9.93. The van der Waals surface area contributed by atoms with E-state index in [-0.39, 0.29) is 12.0 Å². The maximum absolute atomic E-state index is 13.6. The summed E-state index contributed by atoms with van der Waals surface area (Å²) in [5, 5.41) is 12.3. The molecular weight excluding hydrogens is 254 g/mol. The molecule has 0 saturated carbocycles. The average Bonchev–Trinajstić information content (AvgIpc) is 2.70. The van der Waals surface area contributed by atoms with Gasteiger partial charge in [0, 0.05) is 11.3 Å². The first kappa shape index (κ1) is 13.2. The Morgan fingerprint density at radius 1 is 1.28 bits per heavy atom. The second-order valence-corrected chi connectivity index (χ2v) is 5.54. The van der Waals surface area contributed by atoms with Crippen molar-refractivity contribution in [3.63, 3.8) is 0 Å². The topological polar surface area (TPSA) is 20.2 Å². The molecule has 0 bridgehead atoms. The van der Waals surface area contributed by atoms with Crippen LogP contribution in [0.5, 0.6) is 0 Å². The number of benzene rings is 1. The summed E-state index contributed by atoms with van der Waals surface area (Å²) in [5.74, 6) is -0.990. The van der Waals surface area contributed by atoms with Crippen LogP contribution in [0.25, 0.3) is 0 Å². The van der Waals surface area contributed by atoms with Crippen molar-refractivity contribution < 1.29 is 13.9 Å². The van der Waals surface area contributed by atoms with Crippen LogP contribution in [0.2, 0.25) is 0 Å². The molecule has 1 aromatic carbocycles. The van der Waals surface area contributed by atoms with Gasteiger partial charge in [-0.3, -0.25) is 0 Å². The fourth-order valence-corrected chi connectivity index (χ4v) is 3.04. The van der Waals surface area contributed by atoms with Gasteiger partial charge in [-0.1, -0.05) is 0 Å². The number of aryl methyl sites for hydroxylation is 1. The van der Waals surface area contributed by atoms with Gasteiger partial charge in [0.25, 0.3) is 0 Å². The van der Waals surface area contributed by atoms with Gasteiger partial charge in [0.2, 0.25) is 0 Å². The van der Waals surface area contributed by atoms with Gasteiger partial charge < -0.3 is 5.11 Å². The van der Waals surface area contributed by atoms with Gasteiger partial charge in [0.1, 0.15) is 17.2 Å². The molecular formula is C14H14F2OS. The van der Waals surface area contributed by atoms with Gasteiger partial charge in [-0.05, 0) is 54.6 Å². The van der Waals surface area contributed by atoms with Crippen molar-refractivity contribution in [2.75, 3.05) is 0 Å². The van der Waals surface area contributed by atoms with E-state index in [0.717, 1.165) is 28.6 Å². The Hall–Kier alpha value is -1.26. The van der Waals surface area contributed by atoms with Gasteiger partial charge in [-0.15, -0.1) is 11.3 Å². The van der Waals surface area contributed by atoms with Crippen molar-refractivity contribution in [3.8, 4) is 0 Å². The summed E-state index contributed by atoms with van der Waals surface area (Å²) in [6.07, 6.45) is 0.0535. The smallest absolute Gasteiger partial charge is 0.126 e. The summed E-state index contributed by atoms with van der Waals surface area (Å²) in [6, 6.07) is 5.19. The van der Waals surface area contributed by atoms with Gasteiger partial charge in [-0.2, -0.15) is 0 Å². The van der Waals surface area contributed by atoms with E-state index in [1.54, 1.807) is 6.92 Å². The second-order valence-electron chi connectivity index (χ2n) is 4.62. The highest BCUT2D eigenvalue weighted by atomic mass is 32.1. The molecule has 1 aromatic heterocycles. The third kappa shape index (κ3) is 2.60. The molecule has 0 spiro atoms. The second kappa shape index (κ2) is 4.78. The highest BCUT2D eigenvalue weighted by molar-refractivity contribution is 7.10. The zero-order chi connectivity index (χ0) is 13.3. The Bertz CT molecular complexity index is 561. The zero-order valence-electron chi connectivity index (χ0n) is 10.2. The maximum Gasteiger partial charge on any atom is 0.126 e. The number of halogens is 2. The normalized spacial score (nSPS) is 14.5. The van der Waals surface area contributed by atoms with E-state index in [2.05, 4.69) is 0 Å². The Kier molecular flexibility index (Phi) is 3.50. The van der Waals surface area contributed by atoms with Gasteiger partial charge in [0.15, 0.2) is 0 Å². The molecule has 4 heteroatoms. The van der Waals surface area contributed by atoms with E-state index in [9.17, 15) is 13.9 Å². The van der Waals surface area contributed by atoms with E-state index < -0.39 is 17.2 Å². The largest absolute Gasteiger partial charge is 0.384 e. The molecule has 96 valence electrons. The molecule has 0 fully saturated rings. The van der Waals surface area contributed by atoms with E-state index >= 15 is 0 Å². The van der Waals surface area contributed by atoms with E-state index in [1.807, 2.05) is 18.4 Å². The van der Waals surface area contributed by atoms with Gasteiger partial charge in [-0.25, -0.2) is 8.78 Å². The van der Waals surface area contributed by atoms with Crippen molar-refractivity contribution in [2.24, 2.45) is 0 Å². The lowest BCUT2D eigenvalue weighted by Gasteiger charge is -2.23. The molecule has 1 atom stereocenters. The van der Waals surface area contributed by atoms with Crippen LogP contribution in [0.1, 0.15) is 22.9 Å². The Balaban J connectivity index is 2.33. The standard InChI is InChI=1S/C14H14F2OS/c1-9-5-6-18-13(9)14(2,17)8-10-7-11(15)3-4-12(10)16/h3-7,17H,8H2,1-2H3. The van der Waals surface area contributed by atoms with E-state index in [0.29, 0.717) is 0 Å². The highest BCUT2D eigenvalue weighted by Gasteiger charge is 2.28. The summed E-state index contributed by atoms with van der Waals surface area (Å²) in [5.41, 5.74) is -0.0398. The molecule has 1 unspecified atom stereocenters.